The molecular formula is C50H47N3O7. The highest BCUT2D eigenvalue weighted by atomic mass is 16.5. The van der Waals surface area contributed by atoms with E-state index >= 15 is 0 Å². The van der Waals surface area contributed by atoms with Gasteiger partial charge in [-0.3, -0.25) is 4.79 Å². The van der Waals surface area contributed by atoms with Gasteiger partial charge in [-0.1, -0.05) is 145 Å². The number of oxime groups is 1. The topological polar surface area (TPSA) is 142 Å². The molecule has 10 nitrogen and oxygen atoms in total. The third-order valence-corrected chi connectivity index (χ3v) is 9.04. The number of fused-ring (bicyclic) bond motifs is 1. The summed E-state index contributed by atoms with van der Waals surface area (Å²) in [5.41, 5.74) is 7.08. The summed E-state index contributed by atoms with van der Waals surface area (Å²) in [7, 11) is 0. The number of hydrogen-bond acceptors (Lipinski definition) is 10. The number of rotatable bonds is 6. The molecule has 0 bridgehead atoms. The van der Waals surface area contributed by atoms with Gasteiger partial charge in [0.15, 0.2) is 5.43 Å². The van der Waals surface area contributed by atoms with E-state index < -0.39 is 0 Å². The molecule has 1 aliphatic rings. The molecule has 1 fully saturated rings. The van der Waals surface area contributed by atoms with Crippen LogP contribution < -0.4 is 5.43 Å². The summed E-state index contributed by atoms with van der Waals surface area (Å²) in [6.07, 6.45) is 8.59. The molecule has 10 heteroatoms. The number of aromatic nitrogens is 1. The number of hydrogen-bond donors (Lipinski definition) is 3. The first-order valence-electron chi connectivity index (χ1n) is 18.9. The van der Waals surface area contributed by atoms with Gasteiger partial charge < -0.3 is 34.0 Å². The maximum atomic E-state index is 12.3. The molecule has 8 aromatic rings. The summed E-state index contributed by atoms with van der Waals surface area (Å²) in [6.45, 7) is 3.70. The average Bonchev–Trinajstić information content (AvgIpc) is 3.79. The fourth-order valence-corrected chi connectivity index (χ4v) is 5.96. The van der Waals surface area contributed by atoms with Crippen LogP contribution in [-0.2, 0) is 4.74 Å². The van der Waals surface area contributed by atoms with Crippen LogP contribution in [0.4, 0.5) is 0 Å². The Morgan fingerprint density at radius 1 is 0.617 bits per heavy atom. The van der Waals surface area contributed by atoms with Crippen LogP contribution in [0.15, 0.2) is 201 Å². The summed E-state index contributed by atoms with van der Waals surface area (Å²) in [6, 6.07) is 50.7. The van der Waals surface area contributed by atoms with Gasteiger partial charge in [0.2, 0.25) is 0 Å². The largest absolute Gasteiger partial charge is 0.507 e. The zero-order chi connectivity index (χ0) is 41.1. The highest BCUT2D eigenvalue weighted by Gasteiger charge is 2.14. The predicted octanol–water partition coefficient (Wildman–Crippen LogP) is 11.0. The Labute approximate surface area is 349 Å². The van der Waals surface area contributed by atoms with Crippen LogP contribution in [0.5, 0.6) is 11.5 Å². The van der Waals surface area contributed by atoms with Crippen molar-refractivity contribution in [2.24, 2.45) is 5.16 Å². The fourth-order valence-electron chi connectivity index (χ4n) is 5.96. The van der Waals surface area contributed by atoms with E-state index in [2.05, 4.69) is 51.8 Å². The van der Waals surface area contributed by atoms with Crippen LogP contribution in [0.3, 0.4) is 0 Å². The summed E-state index contributed by atoms with van der Waals surface area (Å²) >= 11 is 0. The molecule has 0 atom stereocenters. The van der Waals surface area contributed by atoms with Gasteiger partial charge in [-0.15, -0.1) is 0 Å². The molecule has 0 amide bonds. The minimum atomic E-state index is 0. The monoisotopic (exact) mass is 801 g/mol. The van der Waals surface area contributed by atoms with Gasteiger partial charge in [0.25, 0.3) is 0 Å². The van der Waals surface area contributed by atoms with Gasteiger partial charge in [0.1, 0.15) is 35.3 Å². The summed E-state index contributed by atoms with van der Waals surface area (Å²) in [5, 5.41) is 34.4. The highest BCUT2D eigenvalue weighted by molar-refractivity contribution is 5.83. The number of nitrogens with zero attached hydrogens (tertiary/aromatic N) is 3. The first-order valence-corrected chi connectivity index (χ1v) is 18.9. The first-order chi connectivity index (χ1) is 29.0. The molecule has 6 aromatic carbocycles. The van der Waals surface area contributed by atoms with Crippen LogP contribution in [0, 0.1) is 0 Å². The number of aromatic hydroxyl groups is 2. The minimum absolute atomic E-state index is 0. The van der Waals surface area contributed by atoms with E-state index in [0.717, 1.165) is 43.0 Å². The Balaban J connectivity index is 0.000000154. The molecule has 0 unspecified atom stereocenters. The molecular weight excluding hydrogens is 755 g/mol. The molecule has 0 spiro atoms. The lowest BCUT2D eigenvalue weighted by atomic mass is 10.0. The van der Waals surface area contributed by atoms with Crippen LogP contribution >= 0.6 is 0 Å². The Morgan fingerprint density at radius 3 is 1.83 bits per heavy atom. The molecule has 60 heavy (non-hydrogen) atoms. The van der Waals surface area contributed by atoms with Crippen LogP contribution in [0.25, 0.3) is 50.6 Å². The van der Waals surface area contributed by atoms with Crippen molar-refractivity contribution in [2.75, 3.05) is 26.3 Å². The van der Waals surface area contributed by atoms with Crippen LogP contribution in [-0.4, -0.2) is 58.0 Å². The summed E-state index contributed by atoms with van der Waals surface area (Å²) < 4.78 is 15.8. The van der Waals surface area contributed by atoms with Crippen LogP contribution in [0.2, 0.25) is 0 Å². The maximum absolute atomic E-state index is 12.3. The van der Waals surface area contributed by atoms with Gasteiger partial charge in [-0.2, -0.15) is 0 Å². The minimum Gasteiger partial charge on any atom is -0.507 e. The van der Waals surface area contributed by atoms with E-state index in [1.54, 1.807) is 48.7 Å². The van der Waals surface area contributed by atoms with Crippen molar-refractivity contribution in [3.05, 3.63) is 204 Å². The zero-order valence-corrected chi connectivity index (χ0v) is 32.1. The van der Waals surface area contributed by atoms with Crippen molar-refractivity contribution in [1.82, 2.24) is 10.1 Å². The van der Waals surface area contributed by atoms with Crippen molar-refractivity contribution in [1.29, 1.82) is 0 Å². The van der Waals surface area contributed by atoms with Crippen molar-refractivity contribution in [3.63, 3.8) is 0 Å². The molecule has 3 N–H and O–H groups in total. The quantitative estimate of drug-likeness (QED) is 0.0851. The van der Waals surface area contributed by atoms with Gasteiger partial charge >= 0.3 is 0 Å². The van der Waals surface area contributed by atoms with Crippen molar-refractivity contribution < 1.29 is 29.1 Å². The Kier molecular flexibility index (Phi) is 16.6. The lowest BCUT2D eigenvalue weighted by molar-refractivity contribution is 0.0597. The van der Waals surface area contributed by atoms with E-state index in [1.165, 1.54) is 24.1 Å². The van der Waals surface area contributed by atoms with Gasteiger partial charge in [-0.25, -0.2) is 0 Å². The number of benzene rings is 6. The first kappa shape index (κ1) is 43.4. The molecule has 1 saturated heterocycles. The van der Waals surface area contributed by atoms with E-state index in [-0.39, 0.29) is 24.4 Å². The molecule has 0 aliphatic carbocycles. The zero-order valence-electron chi connectivity index (χ0n) is 32.1. The van der Waals surface area contributed by atoms with Crippen molar-refractivity contribution >= 4 is 23.3 Å². The molecule has 3 heterocycles. The number of phenolic OH excluding ortho intramolecular Hbond substituents is 2. The van der Waals surface area contributed by atoms with Crippen molar-refractivity contribution in [2.45, 2.75) is 7.43 Å². The second-order valence-electron chi connectivity index (χ2n) is 13.0. The lowest BCUT2D eigenvalue weighted by Gasteiger charge is -2.24. The Hall–Kier alpha value is -7.69. The Morgan fingerprint density at radius 2 is 1.18 bits per heavy atom. The molecule has 9 rings (SSSR count). The van der Waals surface area contributed by atoms with Crippen molar-refractivity contribution in [3.8, 4) is 45.0 Å². The lowest BCUT2D eigenvalue weighted by Crippen LogP contribution is -2.31. The van der Waals surface area contributed by atoms with E-state index in [4.69, 9.17) is 24.0 Å². The maximum Gasteiger partial charge on any atom is 0.200 e. The number of phenols is 2. The number of ether oxygens (including phenoxy) is 1. The molecule has 304 valence electrons. The van der Waals surface area contributed by atoms with E-state index in [0.29, 0.717) is 33.4 Å². The predicted molar refractivity (Wildman–Crippen MR) is 239 cm³/mol. The molecule has 0 radical (unpaired) electrons. The van der Waals surface area contributed by atoms with E-state index in [9.17, 15) is 9.90 Å². The molecule has 0 saturated carbocycles. The normalized spacial score (nSPS) is 12.0. The standard InChI is InChI=1S/C15H11NO2.C15H10O2.C12H15NO.C7H7NO2.CH4/c17-14-9-5-4-8-12(14)15-13(10-18-16-15)11-6-2-1-3-7-11;16-15-12-8-4-5-9-14(12)17-10-13(15)11-6-2-1-3-7-11;1-2-4-12(5-3-1)6-7-13-8-10-14-11-9-13;9-7-4-2-1-3-6(7)5-8-10;/h1-10,17H;1-10H;1-7H,8-11H2;1-5,9-10H;1H4/b;;7-6+;8-5+;. The highest BCUT2D eigenvalue weighted by Crippen LogP contribution is 2.35. The van der Waals surface area contributed by atoms with Gasteiger partial charge in [-0.05, 0) is 65.4 Å². The summed E-state index contributed by atoms with van der Waals surface area (Å²) in [4.78, 5) is 14.6. The van der Waals surface area contributed by atoms with Crippen LogP contribution in [0.1, 0.15) is 18.6 Å². The SMILES string of the molecule is C.C(=C\N1CCOCC1)/c1ccccc1.O/N=C/c1ccccc1O.O=c1c(-c2ccccc2)coc2ccccc12.Oc1ccccc1-c1nocc1-c1ccccc1. The smallest absolute Gasteiger partial charge is 0.200 e. The van der Waals surface area contributed by atoms with E-state index in [1.807, 2.05) is 91.0 Å². The molecule has 1 aliphatic heterocycles. The van der Waals surface area contributed by atoms with Gasteiger partial charge in [0.05, 0.1) is 30.4 Å². The number of morpholine rings is 1. The number of para-hydroxylation sites is 3. The third kappa shape index (κ3) is 12.2. The van der Waals surface area contributed by atoms with Gasteiger partial charge in [0, 0.05) is 29.8 Å². The molecule has 2 aromatic heterocycles. The summed E-state index contributed by atoms with van der Waals surface area (Å²) in [5.74, 6) is 0.309. The second kappa shape index (κ2) is 22.9. The second-order valence-corrected chi connectivity index (χ2v) is 13.0. The fraction of sp³-hybridized carbons (Fsp3) is 0.100. The Bertz CT molecular complexity index is 2600. The third-order valence-electron chi connectivity index (χ3n) is 9.04. The average molecular weight is 802 g/mol.